The van der Waals surface area contributed by atoms with Crippen LogP contribution in [0, 0.1) is 0 Å². The number of aromatic nitrogens is 2. The van der Waals surface area contributed by atoms with Gasteiger partial charge in [-0.25, -0.2) is 21.8 Å². The molecule has 1 aliphatic rings. The summed E-state index contributed by atoms with van der Waals surface area (Å²) in [5.74, 6) is -0.429. The predicted molar refractivity (Wildman–Crippen MR) is 69.6 cm³/mol. The van der Waals surface area contributed by atoms with Crippen LogP contribution in [-0.2, 0) is 26.9 Å². The normalized spacial score (nSPS) is 24.4. The van der Waals surface area contributed by atoms with Crippen molar-refractivity contribution < 1.29 is 16.8 Å². The lowest BCUT2D eigenvalue weighted by Crippen LogP contribution is -2.50. The summed E-state index contributed by atoms with van der Waals surface area (Å²) in [4.78, 5) is 3.75. The maximum absolute atomic E-state index is 12.5. The Morgan fingerprint density at radius 1 is 1.47 bits per heavy atom. The van der Waals surface area contributed by atoms with Gasteiger partial charge in [0, 0.05) is 19.6 Å². The van der Waals surface area contributed by atoms with Crippen LogP contribution in [0.5, 0.6) is 0 Å². The standard InChI is InChI=1S/C9H16N4O4S2/c1-7-5-18(14,15)4-3-13(7)19(16,17)9-8(10)11-6-12(9)2/h6-7H,3-5,10H2,1-2H3. The first-order valence-electron chi connectivity index (χ1n) is 5.64. The smallest absolute Gasteiger partial charge is 0.262 e. The number of sulfone groups is 1. The summed E-state index contributed by atoms with van der Waals surface area (Å²) >= 11 is 0. The summed E-state index contributed by atoms with van der Waals surface area (Å²) in [7, 11) is -5.48. The lowest BCUT2D eigenvalue weighted by Gasteiger charge is -2.31. The number of hydrogen-bond acceptors (Lipinski definition) is 6. The van der Waals surface area contributed by atoms with Gasteiger partial charge in [0.2, 0.25) is 0 Å². The predicted octanol–water partition coefficient (Wildman–Crippen LogP) is -1.19. The van der Waals surface area contributed by atoms with Crippen molar-refractivity contribution in [1.29, 1.82) is 0 Å². The molecule has 2 N–H and O–H groups in total. The average Bonchev–Trinajstić information content (AvgIpc) is 2.56. The molecule has 0 amide bonds. The Kier molecular flexibility index (Phi) is 3.35. The topological polar surface area (TPSA) is 115 Å². The zero-order valence-electron chi connectivity index (χ0n) is 10.6. The minimum absolute atomic E-state index is 0.0591. The molecule has 10 heteroatoms. The highest BCUT2D eigenvalue weighted by atomic mass is 32.2. The molecular formula is C9H16N4O4S2. The zero-order valence-corrected chi connectivity index (χ0v) is 12.3. The van der Waals surface area contributed by atoms with E-state index < -0.39 is 25.9 Å². The van der Waals surface area contributed by atoms with Crippen LogP contribution in [0.1, 0.15) is 6.92 Å². The second-order valence-corrected chi connectivity index (χ2v) is 8.66. The molecule has 1 atom stereocenters. The summed E-state index contributed by atoms with van der Waals surface area (Å²) in [5.41, 5.74) is 5.58. The molecule has 1 aromatic heterocycles. The lowest BCUT2D eigenvalue weighted by atomic mass is 10.4. The molecule has 19 heavy (non-hydrogen) atoms. The molecule has 1 saturated heterocycles. The van der Waals surface area contributed by atoms with Crippen molar-refractivity contribution in [2.75, 3.05) is 23.8 Å². The molecule has 2 rings (SSSR count). The fourth-order valence-corrected chi connectivity index (χ4v) is 5.80. The number of imidazole rings is 1. The summed E-state index contributed by atoms with van der Waals surface area (Å²) in [5, 5.41) is -0.0985. The molecule has 8 nitrogen and oxygen atoms in total. The SMILES string of the molecule is CC1CS(=O)(=O)CCN1S(=O)(=O)c1c(N)ncn1C. The van der Waals surface area contributed by atoms with Crippen LogP contribution in [0.4, 0.5) is 5.82 Å². The van der Waals surface area contributed by atoms with Gasteiger partial charge < -0.3 is 10.3 Å². The van der Waals surface area contributed by atoms with Crippen molar-refractivity contribution in [3.8, 4) is 0 Å². The molecule has 1 unspecified atom stereocenters. The Balaban J connectivity index is 2.42. The van der Waals surface area contributed by atoms with Crippen LogP contribution in [0.3, 0.4) is 0 Å². The highest BCUT2D eigenvalue weighted by Crippen LogP contribution is 2.25. The Morgan fingerprint density at radius 3 is 2.58 bits per heavy atom. The second-order valence-electron chi connectivity index (χ2n) is 4.63. The van der Waals surface area contributed by atoms with Crippen LogP contribution in [0.15, 0.2) is 11.4 Å². The van der Waals surface area contributed by atoms with Crippen molar-refractivity contribution in [3.63, 3.8) is 0 Å². The highest BCUT2D eigenvalue weighted by molar-refractivity contribution is 7.92. The first kappa shape index (κ1) is 14.3. The third kappa shape index (κ3) is 2.47. The van der Waals surface area contributed by atoms with E-state index in [4.69, 9.17) is 5.73 Å². The summed E-state index contributed by atoms with van der Waals surface area (Å²) in [6.45, 7) is 1.51. The largest absolute Gasteiger partial charge is 0.381 e. The number of rotatable bonds is 2. The van der Waals surface area contributed by atoms with E-state index >= 15 is 0 Å². The molecule has 0 aliphatic carbocycles. The van der Waals surface area contributed by atoms with Gasteiger partial charge in [-0.3, -0.25) is 0 Å². The van der Waals surface area contributed by atoms with Crippen molar-refractivity contribution in [2.45, 2.75) is 18.0 Å². The second kappa shape index (κ2) is 4.46. The Bertz CT molecular complexity index is 672. The van der Waals surface area contributed by atoms with E-state index in [9.17, 15) is 16.8 Å². The van der Waals surface area contributed by atoms with Gasteiger partial charge in [-0.15, -0.1) is 0 Å². The van der Waals surface area contributed by atoms with Crippen LogP contribution < -0.4 is 5.73 Å². The molecule has 1 aliphatic heterocycles. The van der Waals surface area contributed by atoms with Crippen LogP contribution >= 0.6 is 0 Å². The number of nitrogens with two attached hydrogens (primary N) is 1. The lowest BCUT2D eigenvalue weighted by molar-refractivity contribution is 0.354. The van der Waals surface area contributed by atoms with Gasteiger partial charge in [0.05, 0.1) is 17.8 Å². The zero-order chi connectivity index (χ0) is 14.4. The van der Waals surface area contributed by atoms with Gasteiger partial charge in [0.25, 0.3) is 10.0 Å². The Morgan fingerprint density at radius 2 is 2.11 bits per heavy atom. The van der Waals surface area contributed by atoms with Crippen molar-refractivity contribution in [3.05, 3.63) is 6.33 Å². The maximum atomic E-state index is 12.5. The van der Waals surface area contributed by atoms with Gasteiger partial charge in [0.1, 0.15) is 0 Å². The van der Waals surface area contributed by atoms with Crippen molar-refractivity contribution >= 4 is 25.7 Å². The van der Waals surface area contributed by atoms with E-state index in [-0.39, 0.29) is 28.9 Å². The quantitative estimate of drug-likeness (QED) is 0.734. The van der Waals surface area contributed by atoms with E-state index in [0.29, 0.717) is 0 Å². The van der Waals surface area contributed by atoms with E-state index in [1.165, 1.54) is 22.2 Å². The van der Waals surface area contributed by atoms with E-state index in [1.807, 2.05) is 0 Å². The van der Waals surface area contributed by atoms with Crippen LogP contribution in [-0.4, -0.2) is 54.8 Å². The van der Waals surface area contributed by atoms with Crippen LogP contribution in [0.25, 0.3) is 0 Å². The molecule has 0 spiro atoms. The third-order valence-corrected chi connectivity index (χ3v) is 7.01. The van der Waals surface area contributed by atoms with Gasteiger partial charge in [-0.2, -0.15) is 4.31 Å². The molecular weight excluding hydrogens is 292 g/mol. The van der Waals surface area contributed by atoms with E-state index in [0.717, 1.165) is 0 Å². The van der Waals surface area contributed by atoms with Gasteiger partial charge in [-0.05, 0) is 6.92 Å². The molecule has 0 bridgehead atoms. The summed E-state index contributed by atoms with van der Waals surface area (Å²) in [6.07, 6.45) is 1.31. The Hall–Kier alpha value is -1.13. The minimum atomic E-state index is -3.84. The van der Waals surface area contributed by atoms with Crippen LogP contribution in [0.2, 0.25) is 0 Å². The van der Waals surface area contributed by atoms with Crippen molar-refractivity contribution in [1.82, 2.24) is 13.9 Å². The molecule has 0 aromatic carbocycles. The molecule has 1 fully saturated rings. The number of aryl methyl sites for hydroxylation is 1. The highest BCUT2D eigenvalue weighted by Gasteiger charge is 2.38. The number of nitrogen functional groups attached to an aromatic ring is 1. The maximum Gasteiger partial charge on any atom is 0.262 e. The number of nitrogens with zero attached hydrogens (tertiary/aromatic N) is 3. The minimum Gasteiger partial charge on any atom is -0.381 e. The molecule has 0 radical (unpaired) electrons. The fourth-order valence-electron chi connectivity index (χ4n) is 2.20. The molecule has 108 valence electrons. The van der Waals surface area contributed by atoms with Gasteiger partial charge in [0.15, 0.2) is 20.7 Å². The Labute approximate surface area is 112 Å². The monoisotopic (exact) mass is 308 g/mol. The van der Waals surface area contributed by atoms with Gasteiger partial charge in [-0.1, -0.05) is 0 Å². The molecule has 0 saturated carbocycles. The summed E-state index contributed by atoms with van der Waals surface area (Å²) in [6, 6.07) is -0.613. The van der Waals surface area contributed by atoms with E-state index in [1.54, 1.807) is 6.92 Å². The average molecular weight is 308 g/mol. The van der Waals surface area contributed by atoms with Crippen molar-refractivity contribution in [2.24, 2.45) is 7.05 Å². The third-order valence-electron chi connectivity index (χ3n) is 3.07. The number of hydrogen-bond donors (Lipinski definition) is 1. The fraction of sp³-hybridized carbons (Fsp3) is 0.667. The summed E-state index contributed by atoms with van der Waals surface area (Å²) < 4.78 is 50.5. The number of sulfonamides is 1. The van der Waals surface area contributed by atoms with E-state index in [2.05, 4.69) is 4.98 Å². The number of anilines is 1. The van der Waals surface area contributed by atoms with Gasteiger partial charge >= 0.3 is 0 Å². The first-order valence-corrected chi connectivity index (χ1v) is 8.90. The molecule has 2 heterocycles. The first-order chi connectivity index (χ1) is 8.65. The molecule has 1 aromatic rings.